The van der Waals surface area contributed by atoms with Crippen LogP contribution in [0.3, 0.4) is 0 Å². The highest BCUT2D eigenvalue weighted by Gasteiger charge is 2.82. The van der Waals surface area contributed by atoms with E-state index >= 15 is 0 Å². The molecule has 14 heteroatoms. The molecule has 0 aromatic rings. The monoisotopic (exact) mass is 496 g/mol. The standard InChI is InChI=1S/C21H28N4O10/c1-20-14-15-21(20,2)17(29)23-19(31)25(15)13-4-9(10(5-26)34-13)33-7-32-6-11-8(27)3-12(35-11)24(14)18(30)22-16(20)28/h8-15,26-27H,3-7H2,1-2H3,(H,22,28,30)(H,23,29,31)/t8-,9-,10+,11+,12?,13?,14?,15?,20-,21+/m0/s1. The van der Waals surface area contributed by atoms with Crippen molar-refractivity contribution in [3.05, 3.63) is 0 Å². The van der Waals surface area contributed by atoms with Gasteiger partial charge in [0.15, 0.2) is 0 Å². The Morgan fingerprint density at radius 3 is 2.06 bits per heavy atom. The van der Waals surface area contributed by atoms with Gasteiger partial charge in [0.05, 0.1) is 48.3 Å². The zero-order valence-electron chi connectivity index (χ0n) is 19.2. The topological polar surface area (TPSA) is 176 Å². The number of hydrogen-bond donors (Lipinski definition) is 4. The first-order valence-electron chi connectivity index (χ1n) is 11.7. The van der Waals surface area contributed by atoms with Crippen molar-refractivity contribution in [2.45, 2.75) is 75.6 Å². The lowest BCUT2D eigenvalue weighted by molar-refractivity contribution is -0.243. The van der Waals surface area contributed by atoms with Crippen molar-refractivity contribution in [2.75, 3.05) is 20.0 Å². The predicted octanol–water partition coefficient (Wildman–Crippen LogP) is -2.19. The smallest absolute Gasteiger partial charge is 0.326 e. The van der Waals surface area contributed by atoms with Gasteiger partial charge in [-0.3, -0.25) is 30.0 Å². The molecule has 1 saturated carbocycles. The highest BCUT2D eigenvalue weighted by molar-refractivity contribution is 6.10. The van der Waals surface area contributed by atoms with Gasteiger partial charge >= 0.3 is 12.1 Å². The van der Waals surface area contributed by atoms with Crippen LogP contribution in [0.1, 0.15) is 26.7 Å². The van der Waals surface area contributed by atoms with Crippen molar-refractivity contribution in [3.8, 4) is 0 Å². The molecule has 6 fully saturated rings. The highest BCUT2D eigenvalue weighted by Crippen LogP contribution is 2.64. The first kappa shape index (κ1) is 23.1. The van der Waals surface area contributed by atoms with Crippen LogP contribution in [0.2, 0.25) is 0 Å². The zero-order chi connectivity index (χ0) is 24.9. The highest BCUT2D eigenvalue weighted by atomic mass is 16.7. The number of carbonyl (C=O) groups excluding carboxylic acids is 4. The Morgan fingerprint density at radius 2 is 1.49 bits per heavy atom. The van der Waals surface area contributed by atoms with E-state index in [9.17, 15) is 29.4 Å². The van der Waals surface area contributed by atoms with E-state index in [1.807, 2.05) is 0 Å². The number of nitrogens with zero attached hydrogens (tertiary/aromatic N) is 2. The molecule has 4 unspecified atom stereocenters. The lowest BCUT2D eigenvalue weighted by Gasteiger charge is -2.72. The Morgan fingerprint density at radius 1 is 0.914 bits per heavy atom. The van der Waals surface area contributed by atoms with Gasteiger partial charge < -0.3 is 29.2 Å². The quantitative estimate of drug-likeness (QED) is 0.312. The maximum atomic E-state index is 13.2. The minimum atomic E-state index is -1.40. The second-order valence-corrected chi connectivity index (χ2v) is 10.3. The fourth-order valence-corrected chi connectivity index (χ4v) is 6.75. The molecule has 5 aliphatic heterocycles. The maximum absolute atomic E-state index is 13.2. The number of aliphatic hydroxyl groups excluding tert-OH is 2. The average molecular weight is 496 g/mol. The van der Waals surface area contributed by atoms with Gasteiger partial charge in [0.25, 0.3) is 0 Å². The third-order valence-corrected chi connectivity index (χ3v) is 8.85. The summed E-state index contributed by atoms with van der Waals surface area (Å²) < 4.78 is 23.2. The summed E-state index contributed by atoms with van der Waals surface area (Å²) in [6.45, 7) is 2.62. The molecule has 6 amide bonds. The van der Waals surface area contributed by atoms with Gasteiger partial charge in [-0.05, 0) is 13.8 Å². The molecule has 4 N–H and O–H groups in total. The molecular formula is C21H28N4O10. The zero-order valence-corrected chi connectivity index (χ0v) is 19.2. The second kappa shape index (κ2) is 7.57. The average Bonchev–Trinajstić information content (AvgIpc) is 3.38. The van der Waals surface area contributed by atoms with Crippen molar-refractivity contribution >= 4 is 23.9 Å². The van der Waals surface area contributed by atoms with Crippen molar-refractivity contribution in [1.29, 1.82) is 0 Å². The molecule has 4 bridgehead atoms. The van der Waals surface area contributed by atoms with Crippen molar-refractivity contribution in [1.82, 2.24) is 20.4 Å². The third-order valence-electron chi connectivity index (χ3n) is 8.85. The van der Waals surface area contributed by atoms with Crippen molar-refractivity contribution in [2.24, 2.45) is 10.8 Å². The number of ether oxygens (including phenoxy) is 4. The van der Waals surface area contributed by atoms with Gasteiger partial charge in [-0.15, -0.1) is 0 Å². The Labute approximate surface area is 199 Å². The molecule has 14 nitrogen and oxygen atoms in total. The van der Waals surface area contributed by atoms with E-state index in [0.29, 0.717) is 0 Å². The molecule has 192 valence electrons. The van der Waals surface area contributed by atoms with Gasteiger partial charge in [-0.2, -0.15) is 0 Å². The molecule has 0 aromatic carbocycles. The molecule has 6 aliphatic rings. The van der Waals surface area contributed by atoms with Gasteiger partial charge in [0.1, 0.15) is 31.5 Å². The van der Waals surface area contributed by atoms with Gasteiger partial charge in [-0.1, -0.05) is 0 Å². The van der Waals surface area contributed by atoms with E-state index in [2.05, 4.69) is 10.6 Å². The maximum Gasteiger partial charge on any atom is 0.326 e. The number of imide groups is 2. The predicted molar refractivity (Wildman–Crippen MR) is 110 cm³/mol. The fourth-order valence-electron chi connectivity index (χ4n) is 6.75. The Kier molecular flexibility index (Phi) is 4.99. The molecule has 1 aliphatic carbocycles. The second-order valence-electron chi connectivity index (χ2n) is 10.3. The summed E-state index contributed by atoms with van der Waals surface area (Å²) in [7, 11) is 0. The van der Waals surface area contributed by atoms with Crippen LogP contribution >= 0.6 is 0 Å². The van der Waals surface area contributed by atoms with Crippen molar-refractivity contribution < 1.29 is 48.3 Å². The summed E-state index contributed by atoms with van der Waals surface area (Å²) >= 11 is 0. The Bertz CT molecular complexity index is 995. The molecule has 35 heavy (non-hydrogen) atoms. The molecule has 5 saturated heterocycles. The SMILES string of the molecule is C[C@@]12C(=O)NC(=O)N3C4C[C@H](OCOC[C@H]5OC(C[C@@H]5O)N5C(=O)NC(=O)[C@]1(C)C5C32)[C@@H](CO)O4. The summed E-state index contributed by atoms with van der Waals surface area (Å²) in [4.78, 5) is 55.4. The van der Waals surface area contributed by atoms with Gasteiger partial charge in [-0.25, -0.2) is 9.59 Å². The van der Waals surface area contributed by atoms with Crippen LogP contribution in [0.5, 0.6) is 0 Å². The molecule has 6 rings (SSSR count). The number of hydrogen-bond acceptors (Lipinski definition) is 10. The summed E-state index contributed by atoms with van der Waals surface area (Å²) in [6, 6.07) is -3.31. The number of rotatable bonds is 1. The van der Waals surface area contributed by atoms with Gasteiger partial charge in [0, 0.05) is 12.8 Å². The molecule has 0 radical (unpaired) electrons. The molecule has 0 spiro atoms. The van der Waals surface area contributed by atoms with Crippen LogP contribution < -0.4 is 10.6 Å². The number of carbonyl (C=O) groups is 4. The summed E-state index contributed by atoms with van der Waals surface area (Å²) in [6.07, 6.45) is -4.68. The van der Waals surface area contributed by atoms with E-state index in [1.165, 1.54) is 9.80 Å². The van der Waals surface area contributed by atoms with Crippen LogP contribution in [0.4, 0.5) is 9.59 Å². The lowest BCUT2D eigenvalue weighted by Crippen LogP contribution is -2.92. The molecule has 0 aromatic heterocycles. The summed E-state index contributed by atoms with van der Waals surface area (Å²) in [5.41, 5.74) is -2.80. The Hall–Kier alpha value is -2.36. The number of amides is 6. The first-order valence-corrected chi connectivity index (χ1v) is 11.7. The van der Waals surface area contributed by atoms with Gasteiger partial charge in [0.2, 0.25) is 11.8 Å². The molecular weight excluding hydrogens is 468 g/mol. The molecule has 5 heterocycles. The summed E-state index contributed by atoms with van der Waals surface area (Å²) in [5, 5.41) is 25.1. The summed E-state index contributed by atoms with van der Waals surface area (Å²) in [5.74, 6) is -1.26. The van der Waals surface area contributed by atoms with E-state index in [0.717, 1.165) is 0 Å². The number of urea groups is 2. The van der Waals surface area contributed by atoms with Crippen LogP contribution in [0, 0.1) is 10.8 Å². The van der Waals surface area contributed by atoms with E-state index in [1.54, 1.807) is 13.8 Å². The van der Waals surface area contributed by atoms with Crippen LogP contribution in [0.25, 0.3) is 0 Å². The van der Waals surface area contributed by atoms with E-state index < -0.39 is 83.7 Å². The number of aliphatic hydroxyl groups is 2. The molecule has 10 atom stereocenters. The van der Waals surface area contributed by atoms with Crippen molar-refractivity contribution in [3.63, 3.8) is 0 Å². The van der Waals surface area contributed by atoms with Crippen LogP contribution in [-0.2, 0) is 28.5 Å². The van der Waals surface area contributed by atoms with E-state index in [4.69, 9.17) is 18.9 Å². The minimum absolute atomic E-state index is 0.0110. The minimum Gasteiger partial charge on any atom is -0.394 e. The largest absolute Gasteiger partial charge is 0.394 e. The first-order chi connectivity index (χ1) is 16.6. The normalized spacial score (nSPS) is 49.1. The van der Waals surface area contributed by atoms with Crippen LogP contribution in [-0.4, -0.2) is 113 Å². The number of nitrogens with one attached hydrogen (secondary N) is 2. The van der Waals surface area contributed by atoms with Crippen LogP contribution in [0.15, 0.2) is 0 Å². The third kappa shape index (κ3) is 2.80. The number of fused-ring (bicyclic) bond motifs is 7. The fraction of sp³-hybridized carbons (Fsp3) is 0.810. The lowest BCUT2D eigenvalue weighted by atomic mass is 9.42. The van der Waals surface area contributed by atoms with E-state index in [-0.39, 0.29) is 32.8 Å². The Balaban J connectivity index is 1.48.